The Morgan fingerprint density at radius 3 is 2.44 bits per heavy atom. The Hall–Kier alpha value is 0.200. The molecule has 5 heteroatoms. The van der Waals surface area contributed by atoms with Crippen LogP contribution in [0, 0.1) is 0 Å². The summed E-state index contributed by atoms with van der Waals surface area (Å²) in [6.07, 6.45) is 0. The van der Waals surface area contributed by atoms with Gasteiger partial charge in [-0.15, -0.1) is 11.6 Å². The van der Waals surface area contributed by atoms with Gasteiger partial charge >= 0.3 is 0 Å². The molecule has 0 fully saturated rings. The molecule has 0 aliphatic heterocycles. The van der Waals surface area contributed by atoms with Crippen molar-refractivity contribution in [2.24, 2.45) is 0 Å². The smallest absolute Gasteiger partial charge is 0.268 e. The third kappa shape index (κ3) is 4.69. The molecule has 9 heavy (non-hydrogen) atoms. The largest absolute Gasteiger partial charge is 0.270 e. The van der Waals surface area contributed by atoms with Gasteiger partial charge in [-0.3, -0.25) is 4.18 Å². The molecule has 0 aromatic rings. The van der Waals surface area contributed by atoms with Gasteiger partial charge < -0.3 is 0 Å². The van der Waals surface area contributed by atoms with Crippen LogP contribution < -0.4 is 0 Å². The molecule has 56 valence electrons. The fraction of sp³-hybridized carbons (Fsp3) is 1.00. The van der Waals surface area contributed by atoms with E-state index in [-0.39, 0.29) is 18.2 Å². The SMILES string of the molecule is CCOS(=O)(=O)CCCl. The van der Waals surface area contributed by atoms with Gasteiger partial charge in [-0.1, -0.05) is 0 Å². The van der Waals surface area contributed by atoms with Gasteiger partial charge in [0.05, 0.1) is 12.4 Å². The van der Waals surface area contributed by atoms with Crippen LogP contribution in [0.4, 0.5) is 0 Å². The van der Waals surface area contributed by atoms with E-state index in [1.165, 1.54) is 0 Å². The van der Waals surface area contributed by atoms with Crippen LogP contribution in [-0.4, -0.2) is 26.7 Å². The fourth-order valence-electron chi connectivity index (χ4n) is 0.333. The molecule has 0 bridgehead atoms. The van der Waals surface area contributed by atoms with Gasteiger partial charge in [-0.2, -0.15) is 8.42 Å². The van der Waals surface area contributed by atoms with Crippen LogP contribution in [0.5, 0.6) is 0 Å². The Morgan fingerprint density at radius 2 is 2.11 bits per heavy atom. The van der Waals surface area contributed by atoms with Crippen LogP contribution in [0.3, 0.4) is 0 Å². The van der Waals surface area contributed by atoms with Crippen LogP contribution in [0.25, 0.3) is 0 Å². The van der Waals surface area contributed by atoms with Crippen LogP contribution in [0.15, 0.2) is 0 Å². The number of hydrogen-bond acceptors (Lipinski definition) is 3. The minimum Gasteiger partial charge on any atom is -0.270 e. The van der Waals surface area contributed by atoms with Gasteiger partial charge in [0.15, 0.2) is 0 Å². The lowest BCUT2D eigenvalue weighted by Crippen LogP contribution is -2.10. The van der Waals surface area contributed by atoms with Gasteiger partial charge in [0, 0.05) is 5.88 Å². The minimum absolute atomic E-state index is 0.0856. The summed E-state index contributed by atoms with van der Waals surface area (Å²) in [7, 11) is -3.31. The average Bonchev–Trinajstić information content (AvgIpc) is 1.64. The van der Waals surface area contributed by atoms with Gasteiger partial charge in [-0.25, -0.2) is 0 Å². The van der Waals surface area contributed by atoms with Crippen molar-refractivity contribution in [1.82, 2.24) is 0 Å². The van der Waals surface area contributed by atoms with E-state index in [2.05, 4.69) is 4.18 Å². The Balaban J connectivity index is 3.73. The molecular formula is C4H9ClO3S. The predicted octanol–water partition coefficient (Wildman–Crippen LogP) is 0.592. The van der Waals surface area contributed by atoms with Gasteiger partial charge in [0.2, 0.25) is 0 Å². The van der Waals surface area contributed by atoms with E-state index >= 15 is 0 Å². The summed E-state index contributed by atoms with van der Waals surface area (Å²) in [5.74, 6) is -0.0231. The second kappa shape index (κ2) is 4.09. The van der Waals surface area contributed by atoms with Crippen molar-refractivity contribution >= 4 is 21.7 Å². The highest BCUT2D eigenvalue weighted by Crippen LogP contribution is 1.92. The van der Waals surface area contributed by atoms with Crippen molar-refractivity contribution in [2.75, 3.05) is 18.2 Å². The van der Waals surface area contributed by atoms with E-state index < -0.39 is 10.1 Å². The van der Waals surface area contributed by atoms with E-state index in [0.29, 0.717) is 0 Å². The second-order valence-corrected chi connectivity index (χ2v) is 3.49. The van der Waals surface area contributed by atoms with Gasteiger partial charge in [-0.05, 0) is 6.92 Å². The summed E-state index contributed by atoms with van der Waals surface area (Å²) >= 11 is 5.16. The zero-order valence-corrected chi connectivity index (χ0v) is 6.70. The molecule has 0 saturated carbocycles. The van der Waals surface area contributed by atoms with Gasteiger partial charge in [0.1, 0.15) is 0 Å². The Kier molecular flexibility index (Phi) is 4.18. The predicted molar refractivity (Wildman–Crippen MR) is 36.1 cm³/mol. The first-order valence-corrected chi connectivity index (χ1v) is 4.66. The zero-order valence-electron chi connectivity index (χ0n) is 5.13. The Labute approximate surface area is 60.1 Å². The van der Waals surface area contributed by atoms with Crippen LogP contribution >= 0.6 is 11.6 Å². The lowest BCUT2D eigenvalue weighted by Gasteiger charge is -1.97. The first kappa shape index (κ1) is 9.20. The van der Waals surface area contributed by atoms with Crippen molar-refractivity contribution in [2.45, 2.75) is 6.92 Å². The maximum absolute atomic E-state index is 10.5. The standard InChI is InChI=1S/C4H9ClO3S/c1-2-8-9(6,7)4-3-5/h2-4H2,1H3. The topological polar surface area (TPSA) is 43.4 Å². The molecule has 0 unspecified atom stereocenters. The highest BCUT2D eigenvalue weighted by atomic mass is 35.5. The van der Waals surface area contributed by atoms with Crippen LogP contribution in [0.2, 0.25) is 0 Å². The normalized spacial score (nSPS) is 11.8. The summed E-state index contributed by atoms with van der Waals surface area (Å²) in [6, 6.07) is 0. The van der Waals surface area contributed by atoms with Crippen molar-refractivity contribution in [1.29, 1.82) is 0 Å². The van der Waals surface area contributed by atoms with Crippen LogP contribution in [0.1, 0.15) is 6.92 Å². The molecule has 0 N–H and O–H groups in total. The summed E-state index contributed by atoms with van der Waals surface area (Å²) < 4.78 is 25.4. The van der Waals surface area contributed by atoms with Gasteiger partial charge in [0.25, 0.3) is 10.1 Å². The molecule has 0 atom stereocenters. The molecule has 0 radical (unpaired) electrons. The minimum atomic E-state index is -3.31. The van der Waals surface area contributed by atoms with Crippen molar-refractivity contribution in [3.8, 4) is 0 Å². The molecule has 0 aromatic heterocycles. The fourth-order valence-corrected chi connectivity index (χ4v) is 1.57. The monoisotopic (exact) mass is 172 g/mol. The van der Waals surface area contributed by atoms with Crippen molar-refractivity contribution in [3.63, 3.8) is 0 Å². The molecule has 0 saturated heterocycles. The van der Waals surface area contributed by atoms with E-state index in [1.54, 1.807) is 6.92 Å². The summed E-state index contributed by atoms with van der Waals surface area (Å²) in [5.41, 5.74) is 0. The number of hydrogen-bond donors (Lipinski definition) is 0. The highest BCUT2D eigenvalue weighted by molar-refractivity contribution is 7.86. The molecule has 0 heterocycles. The van der Waals surface area contributed by atoms with E-state index in [4.69, 9.17) is 11.6 Å². The van der Waals surface area contributed by atoms with E-state index in [9.17, 15) is 8.42 Å². The van der Waals surface area contributed by atoms with E-state index in [1.807, 2.05) is 0 Å². The highest BCUT2D eigenvalue weighted by Gasteiger charge is 2.06. The maximum Gasteiger partial charge on any atom is 0.268 e. The molecule has 0 amide bonds. The Morgan fingerprint density at radius 1 is 1.56 bits per heavy atom. The average molecular weight is 173 g/mol. The van der Waals surface area contributed by atoms with Crippen LogP contribution in [-0.2, 0) is 14.3 Å². The molecule has 0 aliphatic rings. The molecule has 0 aromatic carbocycles. The molecule has 0 rings (SSSR count). The number of halogens is 1. The number of alkyl halides is 1. The summed E-state index contributed by atoms with van der Waals surface area (Å²) in [5, 5.41) is 0. The third-order valence-electron chi connectivity index (χ3n) is 0.625. The number of rotatable bonds is 4. The van der Waals surface area contributed by atoms with E-state index in [0.717, 1.165) is 0 Å². The molecular weight excluding hydrogens is 164 g/mol. The summed E-state index contributed by atoms with van der Waals surface area (Å²) in [6.45, 7) is 1.80. The summed E-state index contributed by atoms with van der Waals surface area (Å²) in [4.78, 5) is 0. The van der Waals surface area contributed by atoms with Crippen molar-refractivity contribution in [3.05, 3.63) is 0 Å². The molecule has 0 spiro atoms. The van der Waals surface area contributed by atoms with Crippen molar-refractivity contribution < 1.29 is 12.6 Å². The maximum atomic E-state index is 10.5. The zero-order chi connectivity index (χ0) is 7.33. The molecule has 0 aliphatic carbocycles. The Bertz CT molecular complexity index is 139. The first-order valence-electron chi connectivity index (χ1n) is 2.55. The lowest BCUT2D eigenvalue weighted by molar-refractivity contribution is 0.339. The quantitative estimate of drug-likeness (QED) is 0.461. The third-order valence-corrected chi connectivity index (χ3v) is 2.34. The second-order valence-electron chi connectivity index (χ2n) is 1.36. The molecule has 3 nitrogen and oxygen atoms in total. The first-order chi connectivity index (χ1) is 4.12. The lowest BCUT2D eigenvalue weighted by atomic mass is 10.9.